The number of carbonyl (C=O) groups is 1. The number of nitrogens with one attached hydrogen (secondary N) is 3. The number of hydrogen-bond acceptors (Lipinski definition) is 5. The fraction of sp³-hybridized carbons (Fsp3) is 0.133. The Balaban J connectivity index is 1.80. The molecule has 0 unspecified atom stereocenters. The van der Waals surface area contributed by atoms with E-state index in [2.05, 4.69) is 26.0 Å². The van der Waals surface area contributed by atoms with Crippen LogP contribution in [-0.2, 0) is 0 Å². The first-order valence-corrected chi connectivity index (χ1v) is 6.94. The van der Waals surface area contributed by atoms with Crippen molar-refractivity contribution in [3.05, 3.63) is 42.6 Å². The predicted octanol–water partition coefficient (Wildman–Crippen LogP) is 2.23. The number of aromatic nitrogens is 3. The van der Waals surface area contributed by atoms with Crippen molar-refractivity contribution in [2.24, 2.45) is 0 Å². The Kier molecular flexibility index (Phi) is 3.96. The Morgan fingerprint density at radius 3 is 2.61 bits per heavy atom. The van der Waals surface area contributed by atoms with E-state index < -0.39 is 0 Å². The molecule has 3 N–H and O–H groups in total. The van der Waals surface area contributed by atoms with E-state index >= 15 is 0 Å². The SMILES string of the molecule is CNC(=O)Nc1cn2nc(Nc3ccc(OC)cc3)ccc2n1. The minimum Gasteiger partial charge on any atom is -0.497 e. The van der Waals surface area contributed by atoms with E-state index in [1.54, 1.807) is 24.9 Å². The van der Waals surface area contributed by atoms with E-state index in [0.29, 0.717) is 17.3 Å². The monoisotopic (exact) mass is 312 g/mol. The number of amides is 2. The summed E-state index contributed by atoms with van der Waals surface area (Å²) in [5.74, 6) is 1.88. The van der Waals surface area contributed by atoms with Crippen LogP contribution >= 0.6 is 0 Å². The lowest BCUT2D eigenvalue weighted by atomic mass is 10.3. The van der Waals surface area contributed by atoms with Crippen molar-refractivity contribution in [1.82, 2.24) is 19.9 Å². The molecule has 0 bridgehead atoms. The van der Waals surface area contributed by atoms with E-state index in [1.807, 2.05) is 36.4 Å². The Morgan fingerprint density at radius 1 is 1.13 bits per heavy atom. The van der Waals surface area contributed by atoms with E-state index in [0.717, 1.165) is 11.4 Å². The number of imidazole rings is 1. The predicted molar refractivity (Wildman–Crippen MR) is 87.3 cm³/mol. The summed E-state index contributed by atoms with van der Waals surface area (Å²) < 4.78 is 6.72. The number of carbonyl (C=O) groups excluding carboxylic acids is 1. The highest BCUT2D eigenvalue weighted by atomic mass is 16.5. The molecule has 8 heteroatoms. The quantitative estimate of drug-likeness (QED) is 0.687. The van der Waals surface area contributed by atoms with E-state index in [1.165, 1.54) is 0 Å². The van der Waals surface area contributed by atoms with Crippen molar-refractivity contribution in [2.45, 2.75) is 0 Å². The van der Waals surface area contributed by atoms with Crippen LogP contribution in [0.5, 0.6) is 5.75 Å². The number of anilines is 3. The van der Waals surface area contributed by atoms with Crippen LogP contribution in [-0.4, -0.2) is 34.8 Å². The highest BCUT2D eigenvalue weighted by Gasteiger charge is 2.06. The third-order valence-corrected chi connectivity index (χ3v) is 3.15. The van der Waals surface area contributed by atoms with Crippen LogP contribution in [0.2, 0.25) is 0 Å². The molecular weight excluding hydrogens is 296 g/mol. The normalized spacial score (nSPS) is 10.3. The topological polar surface area (TPSA) is 92.6 Å². The molecule has 0 saturated carbocycles. The van der Waals surface area contributed by atoms with Gasteiger partial charge in [0.2, 0.25) is 0 Å². The molecule has 3 rings (SSSR count). The highest BCUT2D eigenvalue weighted by molar-refractivity contribution is 5.88. The van der Waals surface area contributed by atoms with Crippen LogP contribution in [0.1, 0.15) is 0 Å². The summed E-state index contributed by atoms with van der Waals surface area (Å²) in [6.07, 6.45) is 1.64. The van der Waals surface area contributed by atoms with Gasteiger partial charge in [0.25, 0.3) is 0 Å². The summed E-state index contributed by atoms with van der Waals surface area (Å²) in [7, 11) is 3.17. The van der Waals surface area contributed by atoms with E-state index in [4.69, 9.17) is 4.74 Å². The number of fused-ring (bicyclic) bond motifs is 1. The first-order chi connectivity index (χ1) is 11.2. The first kappa shape index (κ1) is 14.6. The standard InChI is InChI=1S/C15H16N6O2/c1-16-15(22)19-13-9-21-14(18-13)8-7-12(20-21)17-10-3-5-11(23-2)6-4-10/h3-9H,1-2H3,(H,17,20)(H2,16,19,22). The molecule has 2 aromatic heterocycles. The van der Waals surface area contributed by atoms with Crippen molar-refractivity contribution in [3.63, 3.8) is 0 Å². The van der Waals surface area contributed by atoms with Crippen LogP contribution < -0.4 is 20.7 Å². The fourth-order valence-electron chi connectivity index (χ4n) is 2.01. The van der Waals surface area contributed by atoms with Gasteiger partial charge in [0.15, 0.2) is 17.3 Å². The van der Waals surface area contributed by atoms with Gasteiger partial charge >= 0.3 is 6.03 Å². The average Bonchev–Trinajstić information content (AvgIpc) is 2.96. The molecule has 0 fully saturated rings. The Bertz CT molecular complexity index is 828. The van der Waals surface area contributed by atoms with Crippen molar-refractivity contribution in [1.29, 1.82) is 0 Å². The van der Waals surface area contributed by atoms with Gasteiger partial charge in [0, 0.05) is 12.7 Å². The van der Waals surface area contributed by atoms with E-state index in [-0.39, 0.29) is 6.03 Å². The van der Waals surface area contributed by atoms with Gasteiger partial charge in [-0.15, -0.1) is 5.10 Å². The number of ether oxygens (including phenoxy) is 1. The second kappa shape index (κ2) is 6.22. The van der Waals surface area contributed by atoms with Crippen molar-refractivity contribution in [3.8, 4) is 5.75 Å². The molecule has 0 atom stereocenters. The van der Waals surface area contributed by atoms with Gasteiger partial charge in [-0.2, -0.15) is 0 Å². The number of benzene rings is 1. The summed E-state index contributed by atoms with van der Waals surface area (Å²) in [4.78, 5) is 15.6. The summed E-state index contributed by atoms with van der Waals surface area (Å²) in [6, 6.07) is 10.8. The second-order valence-electron chi connectivity index (χ2n) is 4.71. The summed E-state index contributed by atoms with van der Waals surface area (Å²) >= 11 is 0. The molecule has 1 aromatic carbocycles. The van der Waals surface area contributed by atoms with Crippen molar-refractivity contribution < 1.29 is 9.53 Å². The summed E-state index contributed by atoms with van der Waals surface area (Å²) in [5, 5.41) is 12.7. The maximum absolute atomic E-state index is 11.3. The van der Waals surface area contributed by atoms with Gasteiger partial charge in [-0.05, 0) is 36.4 Å². The minimum atomic E-state index is -0.329. The molecule has 0 aliphatic rings. The molecule has 118 valence electrons. The van der Waals surface area contributed by atoms with Gasteiger partial charge in [-0.3, -0.25) is 5.32 Å². The van der Waals surface area contributed by atoms with Crippen molar-refractivity contribution >= 4 is 29.0 Å². The van der Waals surface area contributed by atoms with Gasteiger partial charge < -0.3 is 15.4 Å². The average molecular weight is 312 g/mol. The molecular formula is C15H16N6O2. The van der Waals surface area contributed by atoms with Crippen molar-refractivity contribution in [2.75, 3.05) is 24.8 Å². The zero-order valence-electron chi connectivity index (χ0n) is 12.7. The largest absolute Gasteiger partial charge is 0.497 e. The lowest BCUT2D eigenvalue weighted by Gasteiger charge is -2.06. The minimum absolute atomic E-state index is 0.329. The maximum atomic E-state index is 11.3. The molecule has 0 saturated heterocycles. The highest BCUT2D eigenvalue weighted by Crippen LogP contribution is 2.19. The lowest BCUT2D eigenvalue weighted by Crippen LogP contribution is -2.24. The first-order valence-electron chi connectivity index (χ1n) is 6.94. The molecule has 0 aliphatic carbocycles. The molecule has 2 amide bonds. The third-order valence-electron chi connectivity index (χ3n) is 3.15. The second-order valence-corrected chi connectivity index (χ2v) is 4.71. The van der Waals surface area contributed by atoms with Gasteiger partial charge in [-0.1, -0.05) is 0 Å². The molecule has 23 heavy (non-hydrogen) atoms. The van der Waals surface area contributed by atoms with Crippen LogP contribution in [0.3, 0.4) is 0 Å². The third kappa shape index (κ3) is 3.31. The van der Waals surface area contributed by atoms with Crippen LogP contribution in [0.15, 0.2) is 42.6 Å². The Hall–Kier alpha value is -3.29. The molecule has 0 spiro atoms. The number of urea groups is 1. The Labute approximate surface area is 132 Å². The molecule has 8 nitrogen and oxygen atoms in total. The fourth-order valence-corrected chi connectivity index (χ4v) is 2.01. The number of hydrogen-bond donors (Lipinski definition) is 3. The van der Waals surface area contributed by atoms with Crippen LogP contribution in [0, 0.1) is 0 Å². The number of methoxy groups -OCH3 is 1. The molecule has 0 aliphatic heterocycles. The smallest absolute Gasteiger partial charge is 0.320 e. The number of rotatable bonds is 4. The summed E-state index contributed by atoms with van der Waals surface area (Å²) in [5.41, 5.74) is 1.53. The zero-order valence-corrected chi connectivity index (χ0v) is 12.7. The summed E-state index contributed by atoms with van der Waals surface area (Å²) in [6.45, 7) is 0. The number of nitrogens with zero attached hydrogens (tertiary/aromatic N) is 3. The van der Waals surface area contributed by atoms with Gasteiger partial charge in [-0.25, -0.2) is 14.3 Å². The Morgan fingerprint density at radius 2 is 1.91 bits per heavy atom. The van der Waals surface area contributed by atoms with E-state index in [9.17, 15) is 4.79 Å². The zero-order chi connectivity index (χ0) is 16.2. The van der Waals surface area contributed by atoms with Crippen LogP contribution in [0.4, 0.5) is 22.1 Å². The molecule has 2 heterocycles. The lowest BCUT2D eigenvalue weighted by molar-refractivity contribution is 0.254. The van der Waals surface area contributed by atoms with Gasteiger partial charge in [0.1, 0.15) is 5.75 Å². The van der Waals surface area contributed by atoms with Crippen LogP contribution in [0.25, 0.3) is 5.65 Å². The molecule has 3 aromatic rings. The maximum Gasteiger partial charge on any atom is 0.320 e. The molecule has 0 radical (unpaired) electrons. The van der Waals surface area contributed by atoms with Gasteiger partial charge in [0.05, 0.1) is 13.3 Å².